The minimum absolute atomic E-state index is 0.0111. The molecule has 0 radical (unpaired) electrons. The van der Waals surface area contributed by atoms with Gasteiger partial charge in [-0.25, -0.2) is 9.97 Å². The Labute approximate surface area is 124 Å². The van der Waals surface area contributed by atoms with E-state index in [2.05, 4.69) is 9.97 Å². The highest BCUT2D eigenvalue weighted by molar-refractivity contribution is 5.69. The highest BCUT2D eigenvalue weighted by Crippen LogP contribution is 2.17. The summed E-state index contributed by atoms with van der Waals surface area (Å²) in [4.78, 5) is 21.8. The molecule has 6 heteroatoms. The van der Waals surface area contributed by atoms with E-state index in [0.29, 0.717) is 12.3 Å². The number of carbonyl (C=O) groups is 1. The van der Waals surface area contributed by atoms with Gasteiger partial charge in [0.2, 0.25) is 5.78 Å². The maximum Gasteiger partial charge on any atom is 0.317 e. The summed E-state index contributed by atoms with van der Waals surface area (Å²) in [6, 6.07) is 2.00. The first kappa shape index (κ1) is 15.4. The minimum Gasteiger partial charge on any atom is -0.480 e. The van der Waals surface area contributed by atoms with Gasteiger partial charge in [0.25, 0.3) is 0 Å². The number of carboxylic acid groups (broad SMARTS) is 1. The van der Waals surface area contributed by atoms with Gasteiger partial charge >= 0.3 is 5.97 Å². The highest BCUT2D eigenvalue weighted by atomic mass is 16.4. The number of imidazole rings is 1. The lowest BCUT2D eigenvalue weighted by molar-refractivity contribution is -0.139. The largest absolute Gasteiger partial charge is 0.480 e. The number of hydrogen-bond donors (Lipinski definition) is 1. The summed E-state index contributed by atoms with van der Waals surface area (Å²) >= 11 is 0. The van der Waals surface area contributed by atoms with Gasteiger partial charge < -0.3 is 5.11 Å². The maximum atomic E-state index is 11.0. The topological polar surface area (TPSA) is 70.7 Å². The van der Waals surface area contributed by atoms with Crippen LogP contribution >= 0.6 is 0 Å². The fourth-order valence-electron chi connectivity index (χ4n) is 2.28. The van der Waals surface area contributed by atoms with E-state index in [4.69, 9.17) is 5.11 Å². The van der Waals surface area contributed by atoms with Crippen molar-refractivity contribution in [1.29, 1.82) is 0 Å². The second-order valence-electron chi connectivity index (χ2n) is 6.36. The van der Waals surface area contributed by atoms with Gasteiger partial charge in [0.05, 0.1) is 12.2 Å². The Morgan fingerprint density at radius 3 is 2.57 bits per heavy atom. The van der Waals surface area contributed by atoms with Crippen molar-refractivity contribution in [2.24, 2.45) is 0 Å². The number of rotatable bonds is 4. The smallest absolute Gasteiger partial charge is 0.317 e. The van der Waals surface area contributed by atoms with E-state index in [-0.39, 0.29) is 12.1 Å². The van der Waals surface area contributed by atoms with Crippen LogP contribution in [0.2, 0.25) is 0 Å². The van der Waals surface area contributed by atoms with Crippen LogP contribution < -0.4 is 0 Å². The Morgan fingerprint density at radius 2 is 2.00 bits per heavy atom. The summed E-state index contributed by atoms with van der Waals surface area (Å²) in [5.74, 6) is -0.175. The molecule has 2 aromatic heterocycles. The number of carboxylic acids is 1. The molecule has 0 aliphatic heterocycles. The minimum atomic E-state index is -0.834. The molecular formula is C15H22N4O2. The quantitative estimate of drug-likeness (QED) is 0.933. The van der Waals surface area contributed by atoms with Crippen LogP contribution in [0.5, 0.6) is 0 Å². The van der Waals surface area contributed by atoms with Crippen LogP contribution in [0, 0.1) is 13.8 Å². The molecule has 21 heavy (non-hydrogen) atoms. The summed E-state index contributed by atoms with van der Waals surface area (Å²) in [5.41, 5.74) is 2.58. The fraction of sp³-hybridized carbons (Fsp3) is 0.533. The number of aliphatic carboxylic acids is 1. The Kier molecular flexibility index (Phi) is 4.00. The van der Waals surface area contributed by atoms with Gasteiger partial charge in [-0.1, -0.05) is 0 Å². The van der Waals surface area contributed by atoms with Crippen LogP contribution in [0.1, 0.15) is 37.9 Å². The van der Waals surface area contributed by atoms with E-state index in [9.17, 15) is 4.79 Å². The lowest BCUT2D eigenvalue weighted by Crippen LogP contribution is -2.43. The second kappa shape index (κ2) is 5.44. The molecule has 6 nitrogen and oxygen atoms in total. The zero-order valence-corrected chi connectivity index (χ0v) is 13.2. The van der Waals surface area contributed by atoms with Gasteiger partial charge in [-0.2, -0.15) is 0 Å². The first-order valence-corrected chi connectivity index (χ1v) is 6.96. The molecule has 114 valence electrons. The predicted molar refractivity (Wildman–Crippen MR) is 80.3 cm³/mol. The van der Waals surface area contributed by atoms with Crippen LogP contribution in [-0.4, -0.2) is 42.4 Å². The van der Waals surface area contributed by atoms with Gasteiger partial charge in [0.15, 0.2) is 0 Å². The standard InChI is InChI=1S/C15H22N4O2/c1-10-6-11(2)19-8-12(17-14(19)16-10)7-18(9-13(20)21)15(3,4)5/h6,8H,7,9H2,1-5H3,(H,20,21). The molecule has 2 aromatic rings. The SMILES string of the molecule is Cc1cc(C)n2cc(CN(CC(=O)O)C(C)(C)C)nc2n1. The maximum absolute atomic E-state index is 11.0. The van der Waals surface area contributed by atoms with Crippen LogP contribution in [0.25, 0.3) is 5.78 Å². The predicted octanol–water partition coefficient (Wildman–Crippen LogP) is 2.03. The van der Waals surface area contributed by atoms with Gasteiger partial charge in [-0.3, -0.25) is 14.1 Å². The van der Waals surface area contributed by atoms with E-state index in [1.54, 1.807) is 0 Å². The van der Waals surface area contributed by atoms with Crippen molar-refractivity contribution in [1.82, 2.24) is 19.3 Å². The van der Waals surface area contributed by atoms with Crippen LogP contribution in [0.15, 0.2) is 12.3 Å². The molecule has 0 bridgehead atoms. The second-order valence-corrected chi connectivity index (χ2v) is 6.36. The molecule has 2 rings (SSSR count). The van der Waals surface area contributed by atoms with Crippen molar-refractivity contribution in [2.75, 3.05) is 6.54 Å². The van der Waals surface area contributed by atoms with E-state index < -0.39 is 5.97 Å². The highest BCUT2D eigenvalue weighted by Gasteiger charge is 2.24. The zero-order chi connectivity index (χ0) is 15.8. The van der Waals surface area contributed by atoms with E-state index >= 15 is 0 Å². The van der Waals surface area contributed by atoms with Crippen molar-refractivity contribution < 1.29 is 9.90 Å². The number of fused-ring (bicyclic) bond motifs is 1. The average Bonchev–Trinajstić information content (AvgIpc) is 2.69. The Morgan fingerprint density at radius 1 is 1.33 bits per heavy atom. The van der Waals surface area contributed by atoms with Crippen LogP contribution in [0.4, 0.5) is 0 Å². The first-order chi connectivity index (χ1) is 9.66. The monoisotopic (exact) mass is 290 g/mol. The average molecular weight is 290 g/mol. The number of aromatic nitrogens is 3. The van der Waals surface area contributed by atoms with E-state index in [1.807, 2.05) is 56.2 Å². The molecule has 0 aliphatic carbocycles. The molecule has 0 atom stereocenters. The summed E-state index contributed by atoms with van der Waals surface area (Å²) in [7, 11) is 0. The van der Waals surface area contributed by atoms with Gasteiger partial charge in [-0.15, -0.1) is 0 Å². The molecule has 0 unspecified atom stereocenters. The molecule has 2 heterocycles. The zero-order valence-electron chi connectivity index (χ0n) is 13.2. The van der Waals surface area contributed by atoms with Gasteiger partial charge in [-0.05, 0) is 40.7 Å². The normalized spacial score (nSPS) is 12.3. The molecule has 0 spiro atoms. The molecule has 0 amide bonds. The lowest BCUT2D eigenvalue weighted by atomic mass is 10.1. The van der Waals surface area contributed by atoms with Crippen molar-refractivity contribution in [3.05, 3.63) is 29.3 Å². The molecule has 0 aliphatic rings. The van der Waals surface area contributed by atoms with Crippen molar-refractivity contribution in [3.63, 3.8) is 0 Å². The van der Waals surface area contributed by atoms with Crippen molar-refractivity contribution >= 4 is 11.7 Å². The summed E-state index contributed by atoms with van der Waals surface area (Å²) in [5, 5.41) is 9.07. The Balaban J connectivity index is 2.33. The number of hydrogen-bond acceptors (Lipinski definition) is 4. The van der Waals surface area contributed by atoms with E-state index in [0.717, 1.165) is 17.1 Å². The third-order valence-electron chi connectivity index (χ3n) is 3.44. The molecule has 1 N–H and O–H groups in total. The fourth-order valence-corrected chi connectivity index (χ4v) is 2.28. The summed E-state index contributed by atoms with van der Waals surface area (Å²) in [6.07, 6.45) is 1.93. The lowest BCUT2D eigenvalue weighted by Gasteiger charge is -2.33. The Hall–Kier alpha value is -1.95. The van der Waals surface area contributed by atoms with E-state index in [1.165, 1.54) is 0 Å². The van der Waals surface area contributed by atoms with Gasteiger partial charge in [0, 0.05) is 29.7 Å². The molecule has 0 saturated heterocycles. The number of aryl methyl sites for hydroxylation is 2. The number of nitrogens with zero attached hydrogens (tertiary/aromatic N) is 4. The summed E-state index contributed by atoms with van der Waals surface area (Å²) < 4.78 is 1.93. The van der Waals surface area contributed by atoms with Crippen LogP contribution in [-0.2, 0) is 11.3 Å². The van der Waals surface area contributed by atoms with Crippen molar-refractivity contribution in [3.8, 4) is 0 Å². The third kappa shape index (κ3) is 3.58. The molecular weight excluding hydrogens is 268 g/mol. The summed E-state index contributed by atoms with van der Waals surface area (Å²) in [6.45, 7) is 10.4. The van der Waals surface area contributed by atoms with Crippen molar-refractivity contribution in [2.45, 2.75) is 46.7 Å². The molecule has 0 aromatic carbocycles. The molecule has 0 saturated carbocycles. The molecule has 0 fully saturated rings. The van der Waals surface area contributed by atoms with Gasteiger partial charge in [0.1, 0.15) is 0 Å². The first-order valence-electron chi connectivity index (χ1n) is 6.96. The Bertz CT molecular complexity index is 670. The van der Waals surface area contributed by atoms with Crippen LogP contribution in [0.3, 0.4) is 0 Å². The third-order valence-corrected chi connectivity index (χ3v) is 3.44.